The number of amides is 1. The van der Waals surface area contributed by atoms with E-state index >= 15 is 0 Å². The molecule has 0 atom stereocenters. The Labute approximate surface area is 206 Å². The summed E-state index contributed by atoms with van der Waals surface area (Å²) in [5.74, 6) is -0.359. The third kappa shape index (κ3) is 3.76. The summed E-state index contributed by atoms with van der Waals surface area (Å²) in [7, 11) is 0. The van der Waals surface area contributed by atoms with Crippen LogP contribution < -0.4 is 4.90 Å². The van der Waals surface area contributed by atoms with Gasteiger partial charge in [0.25, 0.3) is 5.91 Å². The Bertz CT molecular complexity index is 1580. The van der Waals surface area contributed by atoms with Crippen molar-refractivity contribution in [2.75, 3.05) is 4.90 Å². The lowest BCUT2D eigenvalue weighted by Gasteiger charge is -2.16. The lowest BCUT2D eigenvalue weighted by Crippen LogP contribution is -2.24. The minimum Gasteiger partial charge on any atom is -0.478 e. The fourth-order valence-electron chi connectivity index (χ4n) is 4.30. The SMILES string of the molecule is Cc1cc(C(=O)O)c(C#N)c(-c2ccc3c(c2)C(=O)N(c2cccc(-c4nncn4C(C)C)n2)C3)n1. The molecule has 4 heterocycles. The zero-order valence-electron chi connectivity index (χ0n) is 19.8. The maximum absolute atomic E-state index is 13.4. The maximum Gasteiger partial charge on any atom is 0.337 e. The zero-order chi connectivity index (χ0) is 25.6. The number of carbonyl (C=O) groups excluding carboxylic acids is 1. The molecule has 5 rings (SSSR count). The van der Waals surface area contributed by atoms with E-state index < -0.39 is 5.97 Å². The van der Waals surface area contributed by atoms with Gasteiger partial charge in [-0.1, -0.05) is 18.2 Å². The predicted octanol–water partition coefficient (Wildman–Crippen LogP) is 4.02. The van der Waals surface area contributed by atoms with Gasteiger partial charge in [0.15, 0.2) is 5.82 Å². The molecular weight excluding hydrogens is 458 g/mol. The number of nitrogens with zero attached hydrogens (tertiary/aromatic N) is 7. The number of carboxylic acids is 1. The summed E-state index contributed by atoms with van der Waals surface area (Å²) < 4.78 is 1.91. The fourth-order valence-corrected chi connectivity index (χ4v) is 4.30. The van der Waals surface area contributed by atoms with Crippen molar-refractivity contribution in [1.29, 1.82) is 5.26 Å². The van der Waals surface area contributed by atoms with Gasteiger partial charge in [0.1, 0.15) is 23.9 Å². The number of carbonyl (C=O) groups is 2. The van der Waals surface area contributed by atoms with Crippen molar-refractivity contribution in [3.63, 3.8) is 0 Å². The summed E-state index contributed by atoms with van der Waals surface area (Å²) in [5.41, 5.74) is 2.88. The van der Waals surface area contributed by atoms with Crippen LogP contribution in [0.3, 0.4) is 0 Å². The summed E-state index contributed by atoms with van der Waals surface area (Å²) in [6.07, 6.45) is 1.65. The fraction of sp³-hybridized carbons (Fsp3) is 0.192. The monoisotopic (exact) mass is 479 g/mol. The highest BCUT2D eigenvalue weighted by Gasteiger charge is 2.31. The van der Waals surface area contributed by atoms with Gasteiger partial charge in [-0.3, -0.25) is 14.7 Å². The predicted molar refractivity (Wildman–Crippen MR) is 130 cm³/mol. The molecule has 36 heavy (non-hydrogen) atoms. The van der Waals surface area contributed by atoms with Crippen LogP contribution in [-0.2, 0) is 6.54 Å². The Morgan fingerprint density at radius 2 is 1.97 bits per heavy atom. The minimum absolute atomic E-state index is 0.0426. The van der Waals surface area contributed by atoms with E-state index in [4.69, 9.17) is 0 Å². The summed E-state index contributed by atoms with van der Waals surface area (Å²) in [4.78, 5) is 35.8. The summed E-state index contributed by atoms with van der Waals surface area (Å²) in [6.45, 7) is 6.04. The molecule has 3 aromatic heterocycles. The third-order valence-electron chi connectivity index (χ3n) is 6.05. The first-order valence-electron chi connectivity index (χ1n) is 11.3. The largest absolute Gasteiger partial charge is 0.478 e. The van der Waals surface area contributed by atoms with Crippen molar-refractivity contribution in [2.45, 2.75) is 33.4 Å². The van der Waals surface area contributed by atoms with Gasteiger partial charge < -0.3 is 9.67 Å². The smallest absolute Gasteiger partial charge is 0.337 e. The van der Waals surface area contributed by atoms with Gasteiger partial charge in [0.2, 0.25) is 0 Å². The molecule has 0 saturated heterocycles. The topological polar surface area (TPSA) is 138 Å². The number of aromatic nitrogens is 5. The number of rotatable bonds is 5. The Morgan fingerprint density at radius 3 is 2.69 bits per heavy atom. The number of hydrogen-bond acceptors (Lipinski definition) is 7. The Balaban J connectivity index is 1.52. The van der Waals surface area contributed by atoms with E-state index in [2.05, 4.69) is 20.2 Å². The molecule has 0 saturated carbocycles. The van der Waals surface area contributed by atoms with Gasteiger partial charge >= 0.3 is 5.97 Å². The van der Waals surface area contributed by atoms with Gasteiger partial charge in [-0.25, -0.2) is 9.78 Å². The Kier molecular flexibility index (Phi) is 5.53. The average molecular weight is 480 g/mol. The number of aromatic carboxylic acids is 1. The molecule has 10 heteroatoms. The molecule has 0 radical (unpaired) electrons. The molecule has 1 aliphatic rings. The van der Waals surface area contributed by atoms with Crippen molar-refractivity contribution in [3.8, 4) is 28.8 Å². The molecular formula is C26H21N7O3. The van der Waals surface area contributed by atoms with Crippen LogP contribution in [0.5, 0.6) is 0 Å². The quantitative estimate of drug-likeness (QED) is 0.453. The molecule has 1 aromatic carbocycles. The van der Waals surface area contributed by atoms with E-state index in [9.17, 15) is 20.0 Å². The average Bonchev–Trinajstić information content (AvgIpc) is 3.49. The van der Waals surface area contributed by atoms with Gasteiger partial charge in [-0.05, 0) is 50.6 Å². The standard InChI is InChI=1S/C26H21N7O3/c1-14(2)33-13-28-31-24(33)21-5-4-6-22(30-21)32-12-17-8-7-16(10-18(17)25(32)34)23-20(11-27)19(26(35)36)9-15(3)29-23/h4-10,13-14H,12H2,1-3H3,(H,35,36). The molecule has 0 unspecified atom stereocenters. The summed E-state index contributed by atoms with van der Waals surface area (Å²) in [6, 6.07) is 14.1. The summed E-state index contributed by atoms with van der Waals surface area (Å²) in [5, 5.41) is 27.4. The highest BCUT2D eigenvalue weighted by atomic mass is 16.4. The van der Waals surface area contributed by atoms with Crippen LogP contribution in [0.1, 0.15) is 57.4 Å². The molecule has 178 valence electrons. The van der Waals surface area contributed by atoms with Crippen molar-refractivity contribution >= 4 is 17.7 Å². The number of benzene rings is 1. The normalized spacial score (nSPS) is 12.6. The second-order valence-corrected chi connectivity index (χ2v) is 8.75. The van der Waals surface area contributed by atoms with Crippen LogP contribution >= 0.6 is 0 Å². The highest BCUT2D eigenvalue weighted by molar-refractivity contribution is 6.10. The number of anilines is 1. The highest BCUT2D eigenvalue weighted by Crippen LogP contribution is 2.33. The molecule has 1 aliphatic heterocycles. The van der Waals surface area contributed by atoms with Crippen molar-refractivity contribution < 1.29 is 14.7 Å². The number of fused-ring (bicyclic) bond motifs is 1. The van der Waals surface area contributed by atoms with Crippen LogP contribution in [0.15, 0.2) is 48.8 Å². The van der Waals surface area contributed by atoms with E-state index in [-0.39, 0.29) is 28.8 Å². The molecule has 0 spiro atoms. The van der Waals surface area contributed by atoms with E-state index in [0.717, 1.165) is 5.56 Å². The van der Waals surface area contributed by atoms with Gasteiger partial charge in [-0.15, -0.1) is 10.2 Å². The first-order valence-corrected chi connectivity index (χ1v) is 11.3. The van der Waals surface area contributed by atoms with Gasteiger partial charge in [0, 0.05) is 22.9 Å². The molecule has 10 nitrogen and oxygen atoms in total. The second-order valence-electron chi connectivity index (χ2n) is 8.75. The first kappa shape index (κ1) is 22.9. The summed E-state index contributed by atoms with van der Waals surface area (Å²) >= 11 is 0. The van der Waals surface area contributed by atoms with E-state index in [0.29, 0.717) is 40.7 Å². The molecule has 4 aromatic rings. The van der Waals surface area contributed by atoms with Crippen molar-refractivity contribution in [2.24, 2.45) is 0 Å². The van der Waals surface area contributed by atoms with Crippen LogP contribution in [0.25, 0.3) is 22.8 Å². The lowest BCUT2D eigenvalue weighted by atomic mass is 9.98. The molecule has 1 N–H and O–H groups in total. The van der Waals surface area contributed by atoms with E-state index in [1.54, 1.807) is 42.4 Å². The molecule has 0 aliphatic carbocycles. The van der Waals surface area contributed by atoms with Crippen molar-refractivity contribution in [3.05, 3.63) is 76.7 Å². The molecule has 1 amide bonds. The Hall–Kier alpha value is -4.91. The van der Waals surface area contributed by atoms with Crippen LogP contribution in [0.2, 0.25) is 0 Å². The number of hydrogen-bond donors (Lipinski definition) is 1. The maximum atomic E-state index is 13.4. The van der Waals surface area contributed by atoms with Crippen LogP contribution in [0.4, 0.5) is 5.82 Å². The molecule has 0 fully saturated rings. The number of pyridine rings is 2. The third-order valence-corrected chi connectivity index (χ3v) is 6.05. The minimum atomic E-state index is -1.21. The van der Waals surface area contributed by atoms with Crippen molar-refractivity contribution in [1.82, 2.24) is 24.7 Å². The zero-order valence-corrected chi connectivity index (χ0v) is 19.8. The number of aryl methyl sites for hydroxylation is 1. The number of carboxylic acid groups (broad SMARTS) is 1. The first-order chi connectivity index (χ1) is 17.3. The Morgan fingerprint density at radius 1 is 1.17 bits per heavy atom. The van der Waals surface area contributed by atoms with Crippen LogP contribution in [-0.4, -0.2) is 41.7 Å². The van der Waals surface area contributed by atoms with Gasteiger partial charge in [0.05, 0.1) is 23.4 Å². The number of nitriles is 1. The molecule has 0 bridgehead atoms. The van der Waals surface area contributed by atoms with E-state index in [1.807, 2.05) is 36.6 Å². The van der Waals surface area contributed by atoms with Crippen LogP contribution in [0, 0.1) is 18.3 Å². The second kappa shape index (κ2) is 8.70. The van der Waals surface area contributed by atoms with Gasteiger partial charge in [-0.2, -0.15) is 5.26 Å². The van der Waals surface area contributed by atoms with E-state index in [1.165, 1.54) is 6.07 Å². The lowest BCUT2D eigenvalue weighted by molar-refractivity contribution is 0.0696.